The average molecular weight is 571 g/mol. The summed E-state index contributed by atoms with van der Waals surface area (Å²) in [5.74, 6) is -1.96. The van der Waals surface area contributed by atoms with Crippen LogP contribution < -0.4 is 9.64 Å². The molecule has 1 atom stereocenters. The number of nitrogens with zero attached hydrogens (tertiary/aromatic N) is 2. The number of amides is 1. The molecule has 0 spiro atoms. The number of carbonyl (C=O) groups is 3. The van der Waals surface area contributed by atoms with Crippen molar-refractivity contribution in [2.75, 3.05) is 18.6 Å². The predicted molar refractivity (Wildman–Crippen MR) is 139 cm³/mol. The number of Topliss-reactive ketones (excluding diaryl/α,β-unsaturated/α-hetero) is 1. The van der Waals surface area contributed by atoms with Crippen LogP contribution in [0.2, 0.25) is 0 Å². The summed E-state index contributed by atoms with van der Waals surface area (Å²) in [6.45, 7) is 5.30. The van der Waals surface area contributed by atoms with Gasteiger partial charge in [-0.25, -0.2) is 9.78 Å². The molecule has 10 heteroatoms. The average Bonchev–Trinajstić information content (AvgIpc) is 3.35. The number of aliphatic hydroxyl groups is 1. The van der Waals surface area contributed by atoms with Gasteiger partial charge in [0.25, 0.3) is 5.78 Å². The molecule has 0 aliphatic carbocycles. The third kappa shape index (κ3) is 4.54. The SMILES string of the molecule is CCOC(=O)c1sc(N2C(=O)C(=O)C(=C(O)c3ccc(OC)cc3C)[C@H]2c2cccc(Br)c2)nc1C. The molecule has 1 N–H and O–H groups in total. The maximum Gasteiger partial charge on any atom is 0.350 e. The molecule has 1 fully saturated rings. The molecule has 0 radical (unpaired) electrons. The van der Waals surface area contributed by atoms with E-state index in [4.69, 9.17) is 9.47 Å². The van der Waals surface area contributed by atoms with Crippen molar-refractivity contribution in [3.63, 3.8) is 0 Å². The zero-order valence-electron chi connectivity index (χ0n) is 20.0. The predicted octanol–water partition coefficient (Wildman–Crippen LogP) is 5.33. The minimum absolute atomic E-state index is 0.0723. The van der Waals surface area contributed by atoms with Crippen LogP contribution in [-0.4, -0.2) is 41.5 Å². The lowest BCUT2D eigenvalue weighted by atomic mass is 9.94. The van der Waals surface area contributed by atoms with Gasteiger partial charge in [0.05, 0.1) is 31.0 Å². The summed E-state index contributed by atoms with van der Waals surface area (Å²) in [7, 11) is 1.54. The van der Waals surface area contributed by atoms with Gasteiger partial charge in [0.15, 0.2) is 5.13 Å². The lowest BCUT2D eigenvalue weighted by molar-refractivity contribution is -0.132. The number of carbonyl (C=O) groups excluding carboxylic acids is 3. The van der Waals surface area contributed by atoms with E-state index in [1.807, 2.05) is 6.07 Å². The number of aromatic nitrogens is 1. The number of methoxy groups -OCH3 is 1. The lowest BCUT2D eigenvalue weighted by Gasteiger charge is -2.23. The Balaban J connectivity index is 1.93. The Labute approximate surface area is 220 Å². The van der Waals surface area contributed by atoms with Crippen molar-refractivity contribution >= 4 is 55.8 Å². The number of esters is 1. The summed E-state index contributed by atoms with van der Waals surface area (Å²) in [5, 5.41) is 11.5. The second-order valence-electron chi connectivity index (χ2n) is 8.04. The molecule has 0 bridgehead atoms. The summed E-state index contributed by atoms with van der Waals surface area (Å²) >= 11 is 4.41. The summed E-state index contributed by atoms with van der Waals surface area (Å²) in [4.78, 5) is 45.0. The Kier molecular flexibility index (Phi) is 7.28. The molecule has 2 heterocycles. The molecular weight excluding hydrogens is 548 g/mol. The first kappa shape index (κ1) is 25.6. The van der Waals surface area contributed by atoms with Crippen molar-refractivity contribution in [2.45, 2.75) is 26.8 Å². The van der Waals surface area contributed by atoms with Gasteiger partial charge in [-0.05, 0) is 62.2 Å². The number of aryl methyl sites for hydroxylation is 2. The molecule has 1 amide bonds. The number of ether oxygens (including phenoxy) is 2. The fourth-order valence-corrected chi connectivity index (χ4v) is 5.47. The van der Waals surface area contributed by atoms with Crippen LogP contribution >= 0.6 is 27.3 Å². The minimum atomic E-state index is -0.968. The second kappa shape index (κ2) is 10.2. The highest BCUT2D eigenvalue weighted by Crippen LogP contribution is 2.44. The summed E-state index contributed by atoms with van der Waals surface area (Å²) in [6, 6.07) is 11.2. The van der Waals surface area contributed by atoms with E-state index in [2.05, 4.69) is 20.9 Å². The van der Waals surface area contributed by atoms with Gasteiger partial charge in [-0.3, -0.25) is 14.5 Å². The molecule has 4 rings (SSSR count). The van der Waals surface area contributed by atoms with Gasteiger partial charge < -0.3 is 14.6 Å². The number of aliphatic hydroxyl groups excluding tert-OH is 1. The summed E-state index contributed by atoms with van der Waals surface area (Å²) in [5.41, 5.74) is 1.96. The van der Waals surface area contributed by atoms with Crippen LogP contribution in [0.5, 0.6) is 5.75 Å². The number of thiazole rings is 1. The highest BCUT2D eigenvalue weighted by atomic mass is 79.9. The molecule has 0 saturated carbocycles. The third-order valence-corrected chi connectivity index (χ3v) is 7.38. The summed E-state index contributed by atoms with van der Waals surface area (Å²) in [6.07, 6.45) is 0. The van der Waals surface area contributed by atoms with Crippen molar-refractivity contribution in [1.82, 2.24) is 4.98 Å². The molecule has 1 saturated heterocycles. The van der Waals surface area contributed by atoms with E-state index in [1.54, 1.807) is 57.2 Å². The molecule has 3 aromatic rings. The highest BCUT2D eigenvalue weighted by Gasteiger charge is 2.48. The van der Waals surface area contributed by atoms with Crippen molar-refractivity contribution < 1.29 is 29.0 Å². The number of ketones is 1. The van der Waals surface area contributed by atoms with Crippen molar-refractivity contribution in [1.29, 1.82) is 0 Å². The van der Waals surface area contributed by atoms with Crippen molar-refractivity contribution in [3.8, 4) is 5.75 Å². The first-order valence-electron chi connectivity index (χ1n) is 11.0. The molecular formula is C26H23BrN2O6S. The number of halogens is 1. The van der Waals surface area contributed by atoms with Gasteiger partial charge in [-0.2, -0.15) is 0 Å². The number of hydrogen-bond donors (Lipinski definition) is 1. The Bertz CT molecular complexity index is 1410. The van der Waals surface area contributed by atoms with Crippen LogP contribution in [0.3, 0.4) is 0 Å². The number of benzene rings is 2. The van der Waals surface area contributed by atoms with E-state index < -0.39 is 23.7 Å². The molecule has 1 aliphatic heterocycles. The van der Waals surface area contributed by atoms with Gasteiger partial charge in [0.1, 0.15) is 16.4 Å². The Hall–Kier alpha value is -3.50. The second-order valence-corrected chi connectivity index (χ2v) is 9.93. The topological polar surface area (TPSA) is 106 Å². The van der Waals surface area contributed by atoms with E-state index in [1.165, 1.54) is 12.0 Å². The molecule has 2 aromatic carbocycles. The van der Waals surface area contributed by atoms with Crippen LogP contribution in [0, 0.1) is 13.8 Å². The monoisotopic (exact) mass is 570 g/mol. The molecule has 36 heavy (non-hydrogen) atoms. The molecule has 1 aromatic heterocycles. The van der Waals surface area contributed by atoms with E-state index in [0.29, 0.717) is 28.1 Å². The number of anilines is 1. The molecule has 1 aliphatic rings. The van der Waals surface area contributed by atoms with E-state index in [0.717, 1.165) is 15.8 Å². The first-order chi connectivity index (χ1) is 17.2. The Morgan fingerprint density at radius 1 is 1.19 bits per heavy atom. The Morgan fingerprint density at radius 2 is 1.94 bits per heavy atom. The van der Waals surface area contributed by atoms with Crippen LogP contribution in [0.1, 0.15) is 45.0 Å². The molecule has 186 valence electrons. The van der Waals surface area contributed by atoms with Gasteiger partial charge in [0.2, 0.25) is 0 Å². The normalized spacial score (nSPS) is 16.9. The Morgan fingerprint density at radius 3 is 2.58 bits per heavy atom. The lowest BCUT2D eigenvalue weighted by Crippen LogP contribution is -2.29. The fourth-order valence-electron chi connectivity index (χ4n) is 4.07. The maximum absolute atomic E-state index is 13.4. The third-order valence-electron chi connectivity index (χ3n) is 5.75. The standard InChI is InChI=1S/C26H23BrN2O6S/c1-5-35-25(33)23-14(3)28-26(36-23)29-20(15-7-6-8-16(27)12-15)19(22(31)24(29)32)21(30)18-10-9-17(34-4)11-13(18)2/h6-12,20,30H,5H2,1-4H3/t20-/m1/s1. The largest absolute Gasteiger partial charge is 0.507 e. The van der Waals surface area contributed by atoms with E-state index in [9.17, 15) is 19.5 Å². The summed E-state index contributed by atoms with van der Waals surface area (Å²) < 4.78 is 11.1. The fraction of sp³-hybridized carbons (Fsp3) is 0.231. The van der Waals surface area contributed by atoms with Gasteiger partial charge >= 0.3 is 11.9 Å². The number of rotatable bonds is 6. The zero-order valence-corrected chi connectivity index (χ0v) is 22.4. The smallest absolute Gasteiger partial charge is 0.350 e. The maximum atomic E-state index is 13.4. The van der Waals surface area contributed by atoms with Gasteiger partial charge in [-0.15, -0.1) is 0 Å². The quantitative estimate of drug-likeness (QED) is 0.184. The highest BCUT2D eigenvalue weighted by molar-refractivity contribution is 9.10. The van der Waals surface area contributed by atoms with Crippen LogP contribution in [0.15, 0.2) is 52.5 Å². The van der Waals surface area contributed by atoms with Crippen LogP contribution in [0.25, 0.3) is 5.76 Å². The molecule has 0 unspecified atom stereocenters. The van der Waals surface area contributed by atoms with E-state index >= 15 is 0 Å². The van der Waals surface area contributed by atoms with Crippen molar-refractivity contribution in [2.24, 2.45) is 0 Å². The molecule has 8 nitrogen and oxygen atoms in total. The van der Waals surface area contributed by atoms with Gasteiger partial charge in [0, 0.05) is 10.0 Å². The number of hydrogen-bond acceptors (Lipinski definition) is 8. The zero-order chi connectivity index (χ0) is 26.1. The van der Waals surface area contributed by atoms with Crippen LogP contribution in [-0.2, 0) is 14.3 Å². The first-order valence-corrected chi connectivity index (χ1v) is 12.6. The van der Waals surface area contributed by atoms with Crippen molar-refractivity contribution in [3.05, 3.63) is 79.8 Å². The minimum Gasteiger partial charge on any atom is -0.507 e. The van der Waals surface area contributed by atoms with E-state index in [-0.39, 0.29) is 27.9 Å². The van der Waals surface area contributed by atoms with Crippen LogP contribution in [0.4, 0.5) is 5.13 Å². The van der Waals surface area contributed by atoms with Gasteiger partial charge in [-0.1, -0.05) is 39.4 Å².